The number of aliphatic carboxylic acids is 3. The third-order valence-corrected chi connectivity index (χ3v) is 1.27. The maximum absolute atomic E-state index is 10.3. The summed E-state index contributed by atoms with van der Waals surface area (Å²) in [7, 11) is 0. The molecule has 0 saturated heterocycles. The molecule has 0 amide bonds. The third kappa shape index (κ3) is 9.35. The van der Waals surface area contributed by atoms with Crippen LogP contribution in [0.1, 0.15) is 12.8 Å². The molecule has 0 spiro atoms. The maximum Gasteiger partial charge on any atom is 1.00 e. The van der Waals surface area contributed by atoms with Crippen molar-refractivity contribution < 1.29 is 138 Å². The standard InChI is InChI=1S/C6H8O7.2K/c7-3(8)1-6(13,5(11)12)2-4(9)10;;/h13H,1-2H2,(H,7,8)(H,9,10)(H,11,12);;/q;2*+1/p-2. The van der Waals surface area contributed by atoms with Gasteiger partial charge in [0.25, 0.3) is 0 Å². The quantitative estimate of drug-likeness (QED) is 0.472. The molecular weight excluding hydrogens is 262 g/mol. The molecule has 2 N–H and O–H groups in total. The van der Waals surface area contributed by atoms with Gasteiger partial charge in [0.2, 0.25) is 0 Å². The molecule has 0 aliphatic rings. The normalized spacial score (nSPS) is 9.40. The van der Waals surface area contributed by atoms with Crippen LogP contribution in [-0.2, 0) is 14.4 Å². The van der Waals surface area contributed by atoms with Gasteiger partial charge in [-0.15, -0.1) is 0 Å². The van der Waals surface area contributed by atoms with E-state index in [1.807, 2.05) is 0 Å². The minimum absolute atomic E-state index is 0. The first-order chi connectivity index (χ1) is 5.78. The molecule has 0 radical (unpaired) electrons. The van der Waals surface area contributed by atoms with Crippen LogP contribution >= 0.6 is 0 Å². The smallest absolute Gasteiger partial charge is 0.550 e. The summed E-state index contributed by atoms with van der Waals surface area (Å²) in [5.74, 6) is -5.65. The fourth-order valence-electron chi connectivity index (χ4n) is 0.691. The number of carboxylic acid groups (broad SMARTS) is 3. The molecular formula is C6H6K2O7. The Morgan fingerprint density at radius 1 is 1.00 bits per heavy atom. The van der Waals surface area contributed by atoms with Gasteiger partial charge >= 0.3 is 109 Å². The Morgan fingerprint density at radius 2 is 1.27 bits per heavy atom. The molecule has 0 unspecified atom stereocenters. The van der Waals surface area contributed by atoms with Crippen LogP contribution in [0, 0.1) is 0 Å². The van der Waals surface area contributed by atoms with Gasteiger partial charge in [0, 0.05) is 24.8 Å². The Bertz CT molecular complexity index is 236. The summed E-state index contributed by atoms with van der Waals surface area (Å²) in [5, 5.41) is 37.2. The van der Waals surface area contributed by atoms with Crippen molar-refractivity contribution in [2.45, 2.75) is 18.4 Å². The summed E-state index contributed by atoms with van der Waals surface area (Å²) in [6.07, 6.45) is -2.59. The molecule has 0 bridgehead atoms. The van der Waals surface area contributed by atoms with Gasteiger partial charge in [0.1, 0.15) is 0 Å². The van der Waals surface area contributed by atoms with Crippen LogP contribution in [0.4, 0.5) is 0 Å². The van der Waals surface area contributed by atoms with E-state index < -0.39 is 36.4 Å². The average molecular weight is 268 g/mol. The van der Waals surface area contributed by atoms with Crippen LogP contribution in [0.25, 0.3) is 0 Å². The Balaban J connectivity index is -0.000000720. The molecule has 74 valence electrons. The molecule has 0 saturated carbocycles. The summed E-state index contributed by atoms with van der Waals surface area (Å²) in [4.78, 5) is 30.2. The van der Waals surface area contributed by atoms with Crippen molar-refractivity contribution in [1.82, 2.24) is 0 Å². The van der Waals surface area contributed by atoms with Gasteiger partial charge in [-0.1, -0.05) is 0 Å². The van der Waals surface area contributed by atoms with Crippen molar-refractivity contribution in [3.63, 3.8) is 0 Å². The van der Waals surface area contributed by atoms with E-state index in [9.17, 15) is 24.6 Å². The van der Waals surface area contributed by atoms with Crippen molar-refractivity contribution in [2.24, 2.45) is 0 Å². The van der Waals surface area contributed by atoms with Crippen molar-refractivity contribution >= 4 is 17.9 Å². The van der Waals surface area contributed by atoms with Gasteiger partial charge in [-0.3, -0.25) is 0 Å². The molecule has 0 fully saturated rings. The molecule has 0 atom stereocenters. The number of carbonyl (C=O) groups excluding carboxylic acids is 2. The van der Waals surface area contributed by atoms with Gasteiger partial charge in [0.15, 0.2) is 5.60 Å². The van der Waals surface area contributed by atoms with E-state index in [0.717, 1.165) is 0 Å². The van der Waals surface area contributed by atoms with Crippen LogP contribution in [0.2, 0.25) is 0 Å². The van der Waals surface area contributed by atoms with E-state index in [-0.39, 0.29) is 103 Å². The number of hydrogen-bond acceptors (Lipinski definition) is 6. The van der Waals surface area contributed by atoms with E-state index in [0.29, 0.717) is 0 Å². The second-order valence-corrected chi connectivity index (χ2v) is 2.43. The second-order valence-electron chi connectivity index (χ2n) is 2.43. The fourth-order valence-corrected chi connectivity index (χ4v) is 0.691. The number of hydrogen-bond donors (Lipinski definition) is 2. The van der Waals surface area contributed by atoms with Gasteiger partial charge in [-0.25, -0.2) is 4.79 Å². The van der Waals surface area contributed by atoms with E-state index >= 15 is 0 Å². The van der Waals surface area contributed by atoms with Gasteiger partial charge in [0.05, 0.1) is 0 Å². The summed E-state index contributed by atoms with van der Waals surface area (Å²) < 4.78 is 0. The first-order valence-corrected chi connectivity index (χ1v) is 3.13. The predicted octanol–water partition coefficient (Wildman–Crippen LogP) is -9.91. The van der Waals surface area contributed by atoms with Crippen LogP contribution in [0.5, 0.6) is 0 Å². The van der Waals surface area contributed by atoms with E-state index in [1.54, 1.807) is 0 Å². The summed E-state index contributed by atoms with van der Waals surface area (Å²) in [5.41, 5.74) is -2.86. The number of aliphatic hydroxyl groups is 1. The molecule has 7 nitrogen and oxygen atoms in total. The van der Waals surface area contributed by atoms with E-state index in [1.165, 1.54) is 0 Å². The molecule has 9 heteroatoms. The molecule has 0 aromatic carbocycles. The van der Waals surface area contributed by atoms with E-state index in [4.69, 9.17) is 10.2 Å². The molecule has 0 aromatic rings. The zero-order valence-electron chi connectivity index (χ0n) is 8.35. The zero-order chi connectivity index (χ0) is 10.6. The van der Waals surface area contributed by atoms with Gasteiger partial charge in [-0.2, -0.15) is 0 Å². The van der Waals surface area contributed by atoms with Gasteiger partial charge in [-0.05, 0) is 0 Å². The topological polar surface area (TPSA) is 138 Å². The van der Waals surface area contributed by atoms with Crippen molar-refractivity contribution in [2.75, 3.05) is 0 Å². The van der Waals surface area contributed by atoms with Crippen molar-refractivity contribution in [3.8, 4) is 0 Å². The first kappa shape index (κ1) is 21.9. The minimum atomic E-state index is -2.86. The summed E-state index contributed by atoms with van der Waals surface area (Å²) in [6, 6.07) is 0. The van der Waals surface area contributed by atoms with Crippen LogP contribution in [-0.4, -0.2) is 33.7 Å². The largest absolute Gasteiger partial charge is 1.00 e. The Hall–Kier alpha value is 1.64. The average Bonchev–Trinajstić information content (AvgIpc) is 1.82. The summed E-state index contributed by atoms with van der Waals surface area (Å²) >= 11 is 0. The zero-order valence-corrected chi connectivity index (χ0v) is 14.6. The Labute approximate surface area is 170 Å². The molecule has 15 heavy (non-hydrogen) atoms. The SMILES string of the molecule is O=C([O-])CC(O)(CC(=O)[O-])C(=O)O.[K+].[K+]. The molecule has 0 rings (SSSR count). The third-order valence-electron chi connectivity index (χ3n) is 1.27. The van der Waals surface area contributed by atoms with E-state index in [2.05, 4.69) is 0 Å². The van der Waals surface area contributed by atoms with Crippen LogP contribution in [0.15, 0.2) is 0 Å². The van der Waals surface area contributed by atoms with Crippen molar-refractivity contribution in [3.05, 3.63) is 0 Å². The number of carboxylic acids is 3. The fraction of sp³-hybridized carbons (Fsp3) is 0.500. The molecule has 0 aromatic heterocycles. The molecule has 0 aliphatic carbocycles. The first-order valence-electron chi connectivity index (χ1n) is 3.13. The number of carbonyl (C=O) groups is 3. The monoisotopic (exact) mass is 268 g/mol. The van der Waals surface area contributed by atoms with Crippen LogP contribution < -0.4 is 113 Å². The molecule has 0 heterocycles. The summed E-state index contributed by atoms with van der Waals surface area (Å²) in [6.45, 7) is 0. The maximum atomic E-state index is 10.3. The van der Waals surface area contributed by atoms with Crippen molar-refractivity contribution in [1.29, 1.82) is 0 Å². The predicted molar refractivity (Wildman–Crippen MR) is 31.8 cm³/mol. The minimum Gasteiger partial charge on any atom is -0.550 e. The van der Waals surface area contributed by atoms with Crippen LogP contribution in [0.3, 0.4) is 0 Å². The Kier molecular flexibility index (Phi) is 14.1. The van der Waals surface area contributed by atoms with Gasteiger partial charge < -0.3 is 30.0 Å². The molecule has 0 aliphatic heterocycles. The number of rotatable bonds is 5. The Morgan fingerprint density at radius 3 is 1.40 bits per heavy atom. The second kappa shape index (κ2) is 9.65.